The molecule has 0 spiro atoms. The molecule has 0 aromatic heterocycles. The highest BCUT2D eigenvalue weighted by molar-refractivity contribution is 5.37. The molecule has 1 N–H and O–H groups in total. The summed E-state index contributed by atoms with van der Waals surface area (Å²) in [6, 6.07) is 0.396. The monoisotopic (exact) mass is 205 g/mol. The SMILES string of the molecule is C=C(/C=C\C(C)=C(C)C)C(=C)NC(C)C. The summed E-state index contributed by atoms with van der Waals surface area (Å²) in [7, 11) is 0. The van der Waals surface area contributed by atoms with Crippen molar-refractivity contribution in [1.29, 1.82) is 0 Å². The van der Waals surface area contributed by atoms with E-state index >= 15 is 0 Å². The highest BCUT2D eigenvalue weighted by Crippen LogP contribution is 2.09. The van der Waals surface area contributed by atoms with Gasteiger partial charge in [0.05, 0.1) is 0 Å². The molecule has 15 heavy (non-hydrogen) atoms. The fourth-order valence-corrected chi connectivity index (χ4v) is 0.934. The number of hydrogen-bond acceptors (Lipinski definition) is 1. The number of rotatable bonds is 5. The van der Waals surface area contributed by atoms with E-state index in [0.29, 0.717) is 6.04 Å². The van der Waals surface area contributed by atoms with Gasteiger partial charge in [0.15, 0.2) is 0 Å². The van der Waals surface area contributed by atoms with Gasteiger partial charge in [0.25, 0.3) is 0 Å². The first-order chi connectivity index (χ1) is 6.84. The third-order valence-electron chi connectivity index (χ3n) is 2.17. The van der Waals surface area contributed by atoms with Crippen LogP contribution in [0.2, 0.25) is 0 Å². The Morgan fingerprint density at radius 3 is 2.00 bits per heavy atom. The summed E-state index contributed by atoms with van der Waals surface area (Å²) in [6.07, 6.45) is 4.07. The predicted octanol–water partition coefficient (Wildman–Crippen LogP) is 3.97. The summed E-state index contributed by atoms with van der Waals surface area (Å²) in [4.78, 5) is 0. The Morgan fingerprint density at radius 2 is 1.60 bits per heavy atom. The molecular formula is C14H23N. The lowest BCUT2D eigenvalue weighted by molar-refractivity contribution is 0.679. The summed E-state index contributed by atoms with van der Waals surface area (Å²) in [6.45, 7) is 18.4. The summed E-state index contributed by atoms with van der Waals surface area (Å²) in [5.74, 6) is 0. The lowest BCUT2D eigenvalue weighted by Gasteiger charge is -2.12. The topological polar surface area (TPSA) is 12.0 Å². The molecule has 0 saturated heterocycles. The fourth-order valence-electron chi connectivity index (χ4n) is 0.934. The van der Waals surface area contributed by atoms with E-state index < -0.39 is 0 Å². The van der Waals surface area contributed by atoms with Gasteiger partial charge in [-0.2, -0.15) is 0 Å². The standard InChI is InChI=1S/C14H23N/c1-10(2)12(5)8-9-13(6)14(7)15-11(3)4/h8-9,11,15H,6-7H2,1-5H3/b9-8-. The zero-order valence-electron chi connectivity index (χ0n) is 10.6. The molecule has 0 aromatic carbocycles. The molecule has 0 unspecified atom stereocenters. The molecule has 84 valence electrons. The van der Waals surface area contributed by atoms with Crippen molar-refractivity contribution < 1.29 is 0 Å². The van der Waals surface area contributed by atoms with Crippen molar-refractivity contribution in [2.24, 2.45) is 0 Å². The average molecular weight is 205 g/mol. The second-order valence-electron chi connectivity index (χ2n) is 4.32. The first kappa shape index (κ1) is 13.8. The number of nitrogens with one attached hydrogen (secondary N) is 1. The van der Waals surface area contributed by atoms with Crippen molar-refractivity contribution in [2.75, 3.05) is 0 Å². The quantitative estimate of drug-likeness (QED) is 0.670. The maximum atomic E-state index is 3.97. The summed E-state index contributed by atoms with van der Waals surface area (Å²) < 4.78 is 0. The van der Waals surface area contributed by atoms with Crippen LogP contribution < -0.4 is 5.32 Å². The second kappa shape index (κ2) is 6.28. The predicted molar refractivity (Wildman–Crippen MR) is 69.7 cm³/mol. The molecule has 0 atom stereocenters. The minimum Gasteiger partial charge on any atom is -0.383 e. The van der Waals surface area contributed by atoms with Gasteiger partial charge >= 0.3 is 0 Å². The lowest BCUT2D eigenvalue weighted by atomic mass is 10.1. The molecule has 1 heteroatoms. The van der Waals surface area contributed by atoms with Crippen LogP contribution in [0.25, 0.3) is 0 Å². The van der Waals surface area contributed by atoms with Crippen molar-refractivity contribution in [3.63, 3.8) is 0 Å². The molecular weight excluding hydrogens is 182 g/mol. The molecule has 0 heterocycles. The van der Waals surface area contributed by atoms with Crippen LogP contribution in [0.3, 0.4) is 0 Å². The molecule has 0 aliphatic rings. The maximum Gasteiger partial charge on any atom is 0.0336 e. The first-order valence-electron chi connectivity index (χ1n) is 5.31. The van der Waals surface area contributed by atoms with Crippen LogP contribution in [0.4, 0.5) is 0 Å². The minimum absolute atomic E-state index is 0.396. The van der Waals surface area contributed by atoms with Gasteiger partial charge in [0.1, 0.15) is 0 Å². The van der Waals surface area contributed by atoms with E-state index in [1.807, 2.05) is 6.08 Å². The highest BCUT2D eigenvalue weighted by Gasteiger charge is 1.97. The zero-order valence-corrected chi connectivity index (χ0v) is 10.6. The Bertz CT molecular complexity index is 299. The van der Waals surface area contributed by atoms with Crippen LogP contribution in [0.5, 0.6) is 0 Å². The Labute approximate surface area is 94.3 Å². The minimum atomic E-state index is 0.396. The van der Waals surface area contributed by atoms with Crippen LogP contribution in [-0.2, 0) is 0 Å². The Kier molecular flexibility index (Phi) is 5.76. The van der Waals surface area contributed by atoms with Crippen molar-refractivity contribution in [2.45, 2.75) is 40.7 Å². The van der Waals surface area contributed by atoms with Gasteiger partial charge in [-0.15, -0.1) is 0 Å². The van der Waals surface area contributed by atoms with E-state index in [-0.39, 0.29) is 0 Å². The van der Waals surface area contributed by atoms with E-state index in [1.165, 1.54) is 11.1 Å². The van der Waals surface area contributed by atoms with Gasteiger partial charge in [-0.3, -0.25) is 0 Å². The van der Waals surface area contributed by atoms with Gasteiger partial charge in [-0.25, -0.2) is 0 Å². The van der Waals surface area contributed by atoms with Crippen molar-refractivity contribution >= 4 is 0 Å². The van der Waals surface area contributed by atoms with Gasteiger partial charge in [-0.1, -0.05) is 36.5 Å². The summed E-state index contributed by atoms with van der Waals surface area (Å²) >= 11 is 0. The maximum absolute atomic E-state index is 3.97. The molecule has 0 fully saturated rings. The van der Waals surface area contributed by atoms with Crippen LogP contribution >= 0.6 is 0 Å². The first-order valence-corrected chi connectivity index (χ1v) is 5.31. The van der Waals surface area contributed by atoms with Crippen molar-refractivity contribution in [3.8, 4) is 0 Å². The molecule has 0 bridgehead atoms. The van der Waals surface area contributed by atoms with Gasteiger partial charge in [-0.05, 0) is 40.2 Å². The van der Waals surface area contributed by atoms with Crippen LogP contribution in [0.15, 0.2) is 47.7 Å². The number of allylic oxidation sites excluding steroid dienone is 4. The average Bonchev–Trinajstić information content (AvgIpc) is 2.12. The third-order valence-corrected chi connectivity index (χ3v) is 2.17. The smallest absolute Gasteiger partial charge is 0.0336 e. The van der Waals surface area contributed by atoms with Crippen LogP contribution in [0.1, 0.15) is 34.6 Å². The van der Waals surface area contributed by atoms with Crippen LogP contribution in [-0.4, -0.2) is 6.04 Å². The second-order valence-corrected chi connectivity index (χ2v) is 4.32. The normalized spacial score (nSPS) is 10.5. The molecule has 0 saturated carbocycles. The molecule has 0 rings (SSSR count). The van der Waals surface area contributed by atoms with Crippen molar-refractivity contribution in [1.82, 2.24) is 5.32 Å². The highest BCUT2D eigenvalue weighted by atomic mass is 14.9. The van der Waals surface area contributed by atoms with E-state index in [9.17, 15) is 0 Å². The summed E-state index contributed by atoms with van der Waals surface area (Å²) in [5, 5.41) is 3.23. The number of hydrogen-bond donors (Lipinski definition) is 1. The van der Waals surface area contributed by atoms with E-state index in [0.717, 1.165) is 11.3 Å². The van der Waals surface area contributed by atoms with Gasteiger partial charge < -0.3 is 5.32 Å². The summed E-state index contributed by atoms with van der Waals surface area (Å²) in [5.41, 5.74) is 4.42. The van der Waals surface area contributed by atoms with Gasteiger partial charge in [0.2, 0.25) is 0 Å². The van der Waals surface area contributed by atoms with Crippen LogP contribution in [0, 0.1) is 0 Å². The third kappa shape index (κ3) is 5.95. The Morgan fingerprint density at radius 1 is 1.07 bits per heavy atom. The molecule has 0 radical (unpaired) electrons. The van der Waals surface area contributed by atoms with Gasteiger partial charge in [0, 0.05) is 11.7 Å². The van der Waals surface area contributed by atoms with E-state index in [2.05, 4.69) is 59.2 Å². The van der Waals surface area contributed by atoms with E-state index in [1.54, 1.807) is 0 Å². The molecule has 0 aliphatic carbocycles. The Balaban J connectivity index is 4.38. The largest absolute Gasteiger partial charge is 0.383 e. The molecule has 1 nitrogen and oxygen atoms in total. The molecule has 0 amide bonds. The molecule has 0 aliphatic heterocycles. The van der Waals surface area contributed by atoms with Crippen molar-refractivity contribution in [3.05, 3.63) is 47.7 Å². The zero-order chi connectivity index (χ0) is 12.0. The Hall–Kier alpha value is -1.24. The lowest BCUT2D eigenvalue weighted by Crippen LogP contribution is -2.21. The molecule has 0 aromatic rings. The van der Waals surface area contributed by atoms with E-state index in [4.69, 9.17) is 0 Å². The fraction of sp³-hybridized carbons (Fsp3) is 0.429.